The smallest absolute Gasteiger partial charge is 0.246 e. The van der Waals surface area contributed by atoms with E-state index in [9.17, 15) is 9.59 Å². The number of rotatable bonds is 3. The minimum atomic E-state index is -0.315. The second-order valence-corrected chi connectivity index (χ2v) is 6.20. The maximum atomic E-state index is 12.6. The number of hydrogen-bond donors (Lipinski definition) is 1. The largest absolute Gasteiger partial charge is 0.343 e. The molecule has 0 spiro atoms. The van der Waals surface area contributed by atoms with Crippen LogP contribution in [0.4, 0.5) is 0 Å². The Labute approximate surface area is 115 Å². The normalized spacial score (nSPS) is 29.8. The number of nitrogens with one attached hydrogen (secondary N) is 1. The van der Waals surface area contributed by atoms with E-state index in [-0.39, 0.29) is 35.9 Å². The molecule has 1 aliphatic heterocycles. The molecule has 0 bridgehead atoms. The molecule has 0 aromatic carbocycles. The highest BCUT2D eigenvalue weighted by atomic mass is 16.2. The van der Waals surface area contributed by atoms with Gasteiger partial charge in [0.05, 0.1) is 0 Å². The van der Waals surface area contributed by atoms with Gasteiger partial charge in [-0.25, -0.2) is 0 Å². The molecule has 1 saturated carbocycles. The zero-order valence-corrected chi connectivity index (χ0v) is 12.3. The van der Waals surface area contributed by atoms with Crippen molar-refractivity contribution in [1.29, 1.82) is 0 Å². The zero-order valence-electron chi connectivity index (χ0n) is 12.3. The maximum absolute atomic E-state index is 12.6. The van der Waals surface area contributed by atoms with E-state index in [2.05, 4.69) is 5.32 Å². The molecule has 4 heteroatoms. The summed E-state index contributed by atoms with van der Waals surface area (Å²) in [7, 11) is 0. The van der Waals surface area contributed by atoms with Crippen LogP contribution in [-0.4, -0.2) is 34.8 Å². The van der Waals surface area contributed by atoms with Gasteiger partial charge in [-0.3, -0.25) is 9.59 Å². The van der Waals surface area contributed by atoms with Crippen LogP contribution >= 0.6 is 0 Å². The lowest BCUT2D eigenvalue weighted by molar-refractivity contribution is -0.155. The third-order valence-corrected chi connectivity index (χ3v) is 4.45. The van der Waals surface area contributed by atoms with Crippen molar-refractivity contribution in [2.75, 3.05) is 0 Å². The second-order valence-electron chi connectivity index (χ2n) is 6.20. The molecule has 1 saturated heterocycles. The number of carbonyl (C=O) groups is 2. The molecule has 2 atom stereocenters. The molecule has 2 amide bonds. The summed E-state index contributed by atoms with van der Waals surface area (Å²) in [5.41, 5.74) is 0. The predicted octanol–water partition coefficient (Wildman–Crippen LogP) is 2.08. The van der Waals surface area contributed by atoms with Gasteiger partial charge in [0.15, 0.2) is 0 Å². The van der Waals surface area contributed by atoms with Gasteiger partial charge >= 0.3 is 0 Å². The fourth-order valence-corrected chi connectivity index (χ4v) is 3.43. The van der Waals surface area contributed by atoms with Crippen LogP contribution in [0, 0.1) is 5.92 Å². The van der Waals surface area contributed by atoms with Crippen molar-refractivity contribution in [2.24, 2.45) is 5.92 Å². The Morgan fingerprint density at radius 3 is 2.37 bits per heavy atom. The maximum Gasteiger partial charge on any atom is 0.246 e. The van der Waals surface area contributed by atoms with E-state index in [1.54, 1.807) is 0 Å². The van der Waals surface area contributed by atoms with Crippen LogP contribution in [0.3, 0.4) is 0 Å². The molecular formula is C15H26N2O2. The Morgan fingerprint density at radius 2 is 1.84 bits per heavy atom. The van der Waals surface area contributed by atoms with E-state index in [4.69, 9.17) is 0 Å². The van der Waals surface area contributed by atoms with Crippen LogP contribution in [0.25, 0.3) is 0 Å². The summed E-state index contributed by atoms with van der Waals surface area (Å²) in [5, 5.41) is 2.89. The van der Waals surface area contributed by atoms with E-state index in [0.717, 1.165) is 12.8 Å². The highest BCUT2D eigenvalue weighted by molar-refractivity contribution is 5.97. The van der Waals surface area contributed by atoms with Crippen molar-refractivity contribution in [2.45, 2.75) is 77.4 Å². The molecule has 4 nitrogen and oxygen atoms in total. The van der Waals surface area contributed by atoms with Gasteiger partial charge in [-0.05, 0) is 25.2 Å². The quantitative estimate of drug-likeness (QED) is 0.850. The fraction of sp³-hybridized carbons (Fsp3) is 0.867. The Kier molecular flexibility index (Phi) is 4.48. The van der Waals surface area contributed by atoms with Crippen LogP contribution < -0.4 is 5.32 Å². The third kappa shape index (κ3) is 2.77. The molecule has 1 heterocycles. The van der Waals surface area contributed by atoms with E-state index in [1.807, 2.05) is 25.7 Å². The first kappa shape index (κ1) is 14.4. The molecule has 2 unspecified atom stereocenters. The molecule has 1 N–H and O–H groups in total. The predicted molar refractivity (Wildman–Crippen MR) is 74.6 cm³/mol. The Morgan fingerprint density at radius 1 is 1.21 bits per heavy atom. The van der Waals surface area contributed by atoms with Gasteiger partial charge in [-0.1, -0.05) is 40.0 Å². The molecule has 0 aromatic heterocycles. The summed E-state index contributed by atoms with van der Waals surface area (Å²) in [5.74, 6) is 0.336. The second kappa shape index (κ2) is 5.93. The van der Waals surface area contributed by atoms with E-state index in [1.165, 1.54) is 19.3 Å². The lowest BCUT2D eigenvalue weighted by Crippen LogP contribution is -2.67. The highest BCUT2D eigenvalue weighted by Gasteiger charge is 2.44. The van der Waals surface area contributed by atoms with Crippen molar-refractivity contribution < 1.29 is 9.59 Å². The summed E-state index contributed by atoms with van der Waals surface area (Å²) >= 11 is 0. The molecule has 19 heavy (non-hydrogen) atoms. The summed E-state index contributed by atoms with van der Waals surface area (Å²) in [6.45, 7) is 6.01. The van der Waals surface area contributed by atoms with Crippen molar-refractivity contribution in [3.05, 3.63) is 0 Å². The minimum absolute atomic E-state index is 0.0343. The van der Waals surface area contributed by atoms with Gasteiger partial charge in [-0.2, -0.15) is 0 Å². The number of piperazine rings is 1. The number of carbonyl (C=O) groups excluding carboxylic acids is 2. The van der Waals surface area contributed by atoms with Crippen molar-refractivity contribution in [3.8, 4) is 0 Å². The van der Waals surface area contributed by atoms with E-state index >= 15 is 0 Å². The van der Waals surface area contributed by atoms with Gasteiger partial charge in [0.25, 0.3) is 0 Å². The SMILES string of the molecule is CCC1NC(=O)C(C(C)C)N(C2CCCCC2)C1=O. The van der Waals surface area contributed by atoms with Crippen LogP contribution in [0.2, 0.25) is 0 Å². The molecule has 2 rings (SSSR count). The summed E-state index contributed by atoms with van der Waals surface area (Å²) in [6, 6.07) is -0.323. The summed E-state index contributed by atoms with van der Waals surface area (Å²) in [4.78, 5) is 26.9. The van der Waals surface area contributed by atoms with Crippen molar-refractivity contribution in [1.82, 2.24) is 10.2 Å². The van der Waals surface area contributed by atoms with Gasteiger partial charge in [0.2, 0.25) is 11.8 Å². The monoisotopic (exact) mass is 266 g/mol. The van der Waals surface area contributed by atoms with Crippen LogP contribution in [0.1, 0.15) is 59.3 Å². The van der Waals surface area contributed by atoms with Crippen LogP contribution in [0.15, 0.2) is 0 Å². The van der Waals surface area contributed by atoms with Crippen molar-refractivity contribution >= 4 is 11.8 Å². The average molecular weight is 266 g/mol. The zero-order chi connectivity index (χ0) is 14.0. The van der Waals surface area contributed by atoms with Crippen molar-refractivity contribution in [3.63, 3.8) is 0 Å². The average Bonchev–Trinajstić information content (AvgIpc) is 2.41. The van der Waals surface area contributed by atoms with Gasteiger partial charge in [0.1, 0.15) is 12.1 Å². The third-order valence-electron chi connectivity index (χ3n) is 4.45. The standard InChI is InChI=1S/C15H26N2O2/c1-4-12-15(19)17(11-8-6-5-7-9-11)13(10(2)3)14(18)16-12/h10-13H,4-9H2,1-3H3,(H,16,18). The molecule has 0 aromatic rings. The van der Waals surface area contributed by atoms with Gasteiger partial charge in [0, 0.05) is 6.04 Å². The molecule has 2 fully saturated rings. The fourth-order valence-electron chi connectivity index (χ4n) is 3.43. The molecule has 2 aliphatic rings. The first-order valence-electron chi connectivity index (χ1n) is 7.68. The topological polar surface area (TPSA) is 49.4 Å². The summed E-state index contributed by atoms with van der Waals surface area (Å²) in [6.07, 6.45) is 6.40. The first-order chi connectivity index (χ1) is 9.06. The van der Waals surface area contributed by atoms with Crippen LogP contribution in [-0.2, 0) is 9.59 Å². The molecule has 108 valence electrons. The van der Waals surface area contributed by atoms with Gasteiger partial charge in [-0.15, -0.1) is 0 Å². The van der Waals surface area contributed by atoms with E-state index < -0.39 is 0 Å². The lowest BCUT2D eigenvalue weighted by Gasteiger charge is -2.46. The van der Waals surface area contributed by atoms with Gasteiger partial charge < -0.3 is 10.2 Å². The number of amides is 2. The first-order valence-corrected chi connectivity index (χ1v) is 7.68. The summed E-state index contributed by atoms with van der Waals surface area (Å²) < 4.78 is 0. The van der Waals surface area contributed by atoms with E-state index in [0.29, 0.717) is 6.42 Å². The highest BCUT2D eigenvalue weighted by Crippen LogP contribution is 2.29. The molecule has 1 aliphatic carbocycles. The molecular weight excluding hydrogens is 240 g/mol. The number of nitrogens with zero attached hydrogens (tertiary/aromatic N) is 1. The lowest BCUT2D eigenvalue weighted by atomic mass is 9.88. The minimum Gasteiger partial charge on any atom is -0.343 e. The Balaban J connectivity index is 2.25. The number of hydrogen-bond acceptors (Lipinski definition) is 2. The van der Waals surface area contributed by atoms with Crippen LogP contribution in [0.5, 0.6) is 0 Å². The Hall–Kier alpha value is -1.06. The Bertz CT molecular complexity index is 348. The molecule has 0 radical (unpaired) electrons.